The molecule has 0 bridgehead atoms. The molecular formula is C13H19ClN2OS. The lowest BCUT2D eigenvalue weighted by atomic mass is 9.77. The van der Waals surface area contributed by atoms with Crippen LogP contribution in [0, 0.1) is 12.8 Å². The Balaban J connectivity index is 2.08. The van der Waals surface area contributed by atoms with Crippen molar-refractivity contribution in [1.82, 2.24) is 10.3 Å². The Kier molecular flexibility index (Phi) is 4.28. The molecule has 0 aromatic carbocycles. The second-order valence-electron chi connectivity index (χ2n) is 5.32. The number of carbonyl (C=O) groups excluding carboxylic acids is 1. The zero-order chi connectivity index (χ0) is 13.2. The number of aryl methyl sites for hydroxylation is 1. The topological polar surface area (TPSA) is 42.0 Å². The molecule has 1 aromatic heterocycles. The van der Waals surface area contributed by atoms with Crippen LogP contribution in [0.3, 0.4) is 0 Å². The van der Waals surface area contributed by atoms with Crippen LogP contribution in [0.25, 0.3) is 0 Å². The Hall–Kier alpha value is -0.610. The van der Waals surface area contributed by atoms with Gasteiger partial charge in [0.1, 0.15) is 5.69 Å². The van der Waals surface area contributed by atoms with Gasteiger partial charge in [-0.15, -0.1) is 22.9 Å². The molecule has 0 radical (unpaired) electrons. The summed E-state index contributed by atoms with van der Waals surface area (Å²) < 4.78 is 0. The maximum atomic E-state index is 12.2. The molecule has 1 fully saturated rings. The normalized spacial score (nSPS) is 28.1. The highest BCUT2D eigenvalue weighted by Crippen LogP contribution is 2.33. The van der Waals surface area contributed by atoms with Gasteiger partial charge in [-0.2, -0.15) is 0 Å². The van der Waals surface area contributed by atoms with Crippen molar-refractivity contribution in [3.05, 3.63) is 16.1 Å². The summed E-state index contributed by atoms with van der Waals surface area (Å²) in [5, 5.41) is 5.83. The summed E-state index contributed by atoms with van der Waals surface area (Å²) in [7, 11) is 0. The van der Waals surface area contributed by atoms with Crippen LogP contribution < -0.4 is 5.32 Å². The Bertz CT molecular complexity index is 434. The molecule has 2 atom stereocenters. The summed E-state index contributed by atoms with van der Waals surface area (Å²) in [6, 6.07) is 0. The van der Waals surface area contributed by atoms with E-state index in [1.807, 2.05) is 6.92 Å². The number of hydrogen-bond acceptors (Lipinski definition) is 3. The minimum Gasteiger partial charge on any atom is -0.344 e. The summed E-state index contributed by atoms with van der Waals surface area (Å²) in [5.41, 5.74) is 0.272. The number of alkyl halides is 1. The van der Waals surface area contributed by atoms with Crippen LogP contribution in [-0.2, 0) is 0 Å². The van der Waals surface area contributed by atoms with Crippen LogP contribution in [0.1, 0.15) is 48.1 Å². The monoisotopic (exact) mass is 286 g/mol. The summed E-state index contributed by atoms with van der Waals surface area (Å²) >= 11 is 7.60. The van der Waals surface area contributed by atoms with Crippen LogP contribution in [0.2, 0.25) is 0 Å². The number of rotatable bonds is 3. The minimum absolute atomic E-state index is 0.0888. The van der Waals surface area contributed by atoms with E-state index >= 15 is 0 Å². The number of nitrogens with zero attached hydrogens (tertiary/aromatic N) is 1. The number of amides is 1. The molecule has 1 saturated carbocycles. The number of hydrogen-bond donors (Lipinski definition) is 1. The van der Waals surface area contributed by atoms with Crippen LogP contribution in [0.15, 0.2) is 5.38 Å². The highest BCUT2D eigenvalue weighted by atomic mass is 35.5. The first-order valence-corrected chi connectivity index (χ1v) is 7.77. The summed E-state index contributed by atoms with van der Waals surface area (Å²) in [5.74, 6) is 1.01. The SMILES string of the molecule is Cc1nc(C(=O)NC2(CCl)CCCC(C)C2)cs1. The van der Waals surface area contributed by atoms with Crippen molar-refractivity contribution in [1.29, 1.82) is 0 Å². The number of halogens is 1. The van der Waals surface area contributed by atoms with Gasteiger partial charge in [-0.1, -0.05) is 19.8 Å². The van der Waals surface area contributed by atoms with E-state index in [1.165, 1.54) is 17.8 Å². The molecule has 1 N–H and O–H groups in total. The molecule has 5 heteroatoms. The van der Waals surface area contributed by atoms with Gasteiger partial charge in [-0.3, -0.25) is 4.79 Å². The van der Waals surface area contributed by atoms with Gasteiger partial charge in [-0.05, 0) is 25.7 Å². The predicted molar refractivity (Wildman–Crippen MR) is 75.4 cm³/mol. The van der Waals surface area contributed by atoms with Gasteiger partial charge < -0.3 is 5.32 Å². The molecule has 100 valence electrons. The largest absolute Gasteiger partial charge is 0.344 e. The van der Waals surface area contributed by atoms with Crippen molar-refractivity contribution >= 4 is 28.8 Å². The van der Waals surface area contributed by atoms with Crippen molar-refractivity contribution in [2.24, 2.45) is 5.92 Å². The summed E-state index contributed by atoms with van der Waals surface area (Å²) in [4.78, 5) is 16.4. The molecule has 18 heavy (non-hydrogen) atoms. The lowest BCUT2D eigenvalue weighted by molar-refractivity contribution is 0.0862. The molecule has 0 aliphatic heterocycles. The van der Waals surface area contributed by atoms with Crippen LogP contribution >= 0.6 is 22.9 Å². The van der Waals surface area contributed by atoms with Gasteiger partial charge >= 0.3 is 0 Å². The van der Waals surface area contributed by atoms with Crippen LogP contribution in [0.5, 0.6) is 0 Å². The van der Waals surface area contributed by atoms with Gasteiger partial charge in [0.25, 0.3) is 5.91 Å². The number of carbonyl (C=O) groups is 1. The fourth-order valence-corrected chi connectivity index (χ4v) is 3.60. The third-order valence-electron chi connectivity index (χ3n) is 3.58. The second kappa shape index (κ2) is 5.57. The van der Waals surface area contributed by atoms with E-state index in [2.05, 4.69) is 17.2 Å². The first kappa shape index (κ1) is 13.8. The van der Waals surface area contributed by atoms with E-state index in [-0.39, 0.29) is 11.4 Å². The van der Waals surface area contributed by atoms with Crippen LogP contribution in [-0.4, -0.2) is 22.3 Å². The van der Waals surface area contributed by atoms with Gasteiger partial charge in [0.15, 0.2) is 0 Å². The van der Waals surface area contributed by atoms with Crippen molar-refractivity contribution in [3.63, 3.8) is 0 Å². The maximum Gasteiger partial charge on any atom is 0.271 e. The smallest absolute Gasteiger partial charge is 0.271 e. The predicted octanol–water partition coefficient (Wildman–Crippen LogP) is 3.37. The fourth-order valence-electron chi connectivity index (χ4n) is 2.70. The first-order valence-electron chi connectivity index (χ1n) is 6.35. The second-order valence-corrected chi connectivity index (χ2v) is 6.65. The fraction of sp³-hybridized carbons (Fsp3) is 0.692. The van der Waals surface area contributed by atoms with Crippen molar-refractivity contribution in [2.45, 2.75) is 45.1 Å². The molecule has 3 nitrogen and oxygen atoms in total. The molecule has 0 spiro atoms. The Morgan fingerprint density at radius 1 is 1.72 bits per heavy atom. The number of thiazole rings is 1. The van der Waals surface area contributed by atoms with Crippen molar-refractivity contribution < 1.29 is 4.79 Å². The van der Waals surface area contributed by atoms with Gasteiger partial charge in [0, 0.05) is 11.3 Å². The van der Waals surface area contributed by atoms with E-state index in [0.717, 1.165) is 24.3 Å². The zero-order valence-corrected chi connectivity index (χ0v) is 12.4. The molecule has 0 saturated heterocycles. The van der Waals surface area contributed by atoms with Gasteiger partial charge in [-0.25, -0.2) is 4.98 Å². The third-order valence-corrected chi connectivity index (χ3v) is 4.86. The quantitative estimate of drug-likeness (QED) is 0.866. The van der Waals surface area contributed by atoms with E-state index in [9.17, 15) is 4.79 Å². The van der Waals surface area contributed by atoms with E-state index in [1.54, 1.807) is 5.38 Å². The van der Waals surface area contributed by atoms with Crippen LogP contribution in [0.4, 0.5) is 0 Å². The lowest BCUT2D eigenvalue weighted by Crippen LogP contribution is -2.52. The molecule has 2 rings (SSSR count). The number of nitrogens with one attached hydrogen (secondary N) is 1. The Morgan fingerprint density at radius 3 is 3.06 bits per heavy atom. The molecule has 1 aliphatic carbocycles. The van der Waals surface area contributed by atoms with Crippen molar-refractivity contribution in [3.8, 4) is 0 Å². The van der Waals surface area contributed by atoms with E-state index in [0.29, 0.717) is 17.5 Å². The summed E-state index contributed by atoms with van der Waals surface area (Å²) in [6.45, 7) is 4.13. The molecule has 1 amide bonds. The first-order chi connectivity index (χ1) is 8.54. The van der Waals surface area contributed by atoms with Gasteiger partial charge in [0.2, 0.25) is 0 Å². The standard InChI is InChI=1S/C13H19ClN2OS/c1-9-4-3-5-13(6-9,8-14)16-12(17)11-7-18-10(2)15-11/h7,9H,3-6,8H2,1-2H3,(H,16,17). The summed E-state index contributed by atoms with van der Waals surface area (Å²) in [6.07, 6.45) is 4.29. The molecule has 1 aliphatic rings. The Morgan fingerprint density at radius 2 is 2.50 bits per heavy atom. The van der Waals surface area contributed by atoms with Gasteiger partial charge in [0.05, 0.1) is 10.5 Å². The maximum absolute atomic E-state index is 12.2. The molecular weight excluding hydrogens is 268 g/mol. The minimum atomic E-state index is -0.242. The Labute approximate surface area is 117 Å². The average molecular weight is 287 g/mol. The van der Waals surface area contributed by atoms with E-state index in [4.69, 9.17) is 11.6 Å². The lowest BCUT2D eigenvalue weighted by Gasteiger charge is -2.39. The molecule has 1 aromatic rings. The van der Waals surface area contributed by atoms with E-state index < -0.39 is 0 Å². The number of aromatic nitrogens is 1. The van der Waals surface area contributed by atoms with Crippen molar-refractivity contribution in [2.75, 3.05) is 5.88 Å². The molecule has 2 unspecified atom stereocenters. The highest BCUT2D eigenvalue weighted by Gasteiger charge is 2.36. The average Bonchev–Trinajstić information content (AvgIpc) is 2.76. The highest BCUT2D eigenvalue weighted by molar-refractivity contribution is 7.09. The third kappa shape index (κ3) is 3.04. The zero-order valence-electron chi connectivity index (χ0n) is 10.8. The molecule has 1 heterocycles.